The maximum atomic E-state index is 5.60. The van der Waals surface area contributed by atoms with Gasteiger partial charge in [-0.3, -0.25) is 13.7 Å². The van der Waals surface area contributed by atoms with Gasteiger partial charge in [0.15, 0.2) is 0 Å². The van der Waals surface area contributed by atoms with Gasteiger partial charge in [-0.05, 0) is 79.1 Å². The highest BCUT2D eigenvalue weighted by atomic mass is 15.2. The van der Waals surface area contributed by atoms with Gasteiger partial charge in [0.2, 0.25) is 5.95 Å². The number of nitrogens with zero attached hydrogens (tertiary/aromatic N) is 6. The average Bonchev–Trinajstić information content (AvgIpc) is 4.01. The van der Waals surface area contributed by atoms with Gasteiger partial charge in [0.1, 0.15) is 11.6 Å². The molecule has 0 radical (unpaired) electrons. The van der Waals surface area contributed by atoms with Gasteiger partial charge in [-0.25, -0.2) is 0 Å². The molecule has 12 aromatic rings. The van der Waals surface area contributed by atoms with Gasteiger partial charge in [-0.2, -0.15) is 9.97 Å². The maximum Gasteiger partial charge on any atom is 0.238 e. The minimum absolute atomic E-state index is 0.623. The molecule has 0 saturated heterocycles. The van der Waals surface area contributed by atoms with Crippen LogP contribution in [-0.2, 0) is 6.42 Å². The Balaban J connectivity index is 1.18. The van der Waals surface area contributed by atoms with Crippen molar-refractivity contribution in [2.24, 2.45) is 0 Å². The predicted octanol–water partition coefficient (Wildman–Crippen LogP) is 12.7. The summed E-state index contributed by atoms with van der Waals surface area (Å²) in [5, 5.41) is 8.46. The number of rotatable bonds is 4. The molecule has 13 rings (SSSR count). The summed E-state index contributed by atoms with van der Waals surface area (Å²) in [6.45, 7) is 0. The van der Waals surface area contributed by atoms with E-state index in [9.17, 15) is 0 Å². The van der Waals surface area contributed by atoms with Crippen LogP contribution in [0.2, 0.25) is 0 Å². The van der Waals surface area contributed by atoms with E-state index in [0.717, 1.165) is 57.7 Å². The molecule has 0 amide bonds. The Morgan fingerprint density at radius 3 is 1.47 bits per heavy atom. The lowest BCUT2D eigenvalue weighted by atomic mass is 10.0. The zero-order valence-electron chi connectivity index (χ0n) is 31.4. The zero-order chi connectivity index (χ0) is 37.9. The van der Waals surface area contributed by atoms with Crippen LogP contribution < -0.4 is 0 Å². The van der Waals surface area contributed by atoms with E-state index in [0.29, 0.717) is 5.95 Å². The summed E-state index contributed by atoms with van der Waals surface area (Å²) in [6, 6.07) is 61.0. The highest BCUT2D eigenvalue weighted by Gasteiger charge is 2.25. The van der Waals surface area contributed by atoms with E-state index in [1.807, 2.05) is 0 Å². The van der Waals surface area contributed by atoms with Gasteiger partial charge >= 0.3 is 0 Å². The number of hydrogen-bond acceptors (Lipinski definition) is 2. The molecule has 0 aliphatic heterocycles. The van der Waals surface area contributed by atoms with Crippen molar-refractivity contribution in [1.82, 2.24) is 28.2 Å². The number of hydrogen-bond donors (Lipinski definition) is 0. The first-order valence-corrected chi connectivity index (χ1v) is 20.0. The molecule has 0 unspecified atom stereocenters. The van der Waals surface area contributed by atoms with Crippen molar-refractivity contribution in [2.45, 2.75) is 12.8 Å². The average molecular weight is 743 g/mol. The van der Waals surface area contributed by atoms with Gasteiger partial charge in [0.25, 0.3) is 0 Å². The predicted molar refractivity (Wildman–Crippen MR) is 239 cm³/mol. The Labute approximate surface area is 332 Å². The van der Waals surface area contributed by atoms with Crippen molar-refractivity contribution in [3.63, 3.8) is 0 Å². The van der Waals surface area contributed by atoms with Crippen LogP contribution in [0.1, 0.15) is 17.7 Å². The van der Waals surface area contributed by atoms with E-state index in [4.69, 9.17) is 9.97 Å². The summed E-state index contributed by atoms with van der Waals surface area (Å²) in [6.07, 6.45) is 6.59. The minimum atomic E-state index is 0.623. The molecule has 0 spiro atoms. The number of allylic oxidation sites excluding steroid dienone is 1. The number of fused-ring (bicyclic) bond motifs is 13. The Morgan fingerprint density at radius 1 is 0.379 bits per heavy atom. The molecule has 7 aromatic carbocycles. The fourth-order valence-electron chi connectivity index (χ4n) is 9.93. The van der Waals surface area contributed by atoms with Gasteiger partial charge < -0.3 is 4.57 Å². The van der Waals surface area contributed by atoms with Crippen LogP contribution >= 0.6 is 0 Å². The highest BCUT2D eigenvalue weighted by molar-refractivity contribution is 6.28. The largest absolute Gasteiger partial charge is 0.309 e. The second kappa shape index (κ2) is 11.9. The van der Waals surface area contributed by atoms with Gasteiger partial charge in [-0.15, -0.1) is 0 Å². The highest BCUT2D eigenvalue weighted by Crippen LogP contribution is 2.43. The Bertz CT molecular complexity index is 3630. The molecule has 6 nitrogen and oxygen atoms in total. The summed E-state index contributed by atoms with van der Waals surface area (Å²) < 4.78 is 9.34. The van der Waals surface area contributed by atoms with Crippen LogP contribution in [0.25, 0.3) is 106 Å². The second-order valence-corrected chi connectivity index (χ2v) is 15.3. The molecule has 1 aliphatic rings. The molecule has 6 heteroatoms. The van der Waals surface area contributed by atoms with Crippen LogP contribution in [-0.4, -0.2) is 28.2 Å². The molecule has 0 bridgehead atoms. The first kappa shape index (κ1) is 31.5. The molecule has 58 heavy (non-hydrogen) atoms. The Kier molecular flexibility index (Phi) is 6.46. The minimum Gasteiger partial charge on any atom is -0.309 e. The maximum absolute atomic E-state index is 5.60. The van der Waals surface area contributed by atoms with E-state index in [-0.39, 0.29) is 0 Å². The van der Waals surface area contributed by atoms with E-state index in [1.165, 1.54) is 60.0 Å². The number of aromatic nitrogens is 6. The molecule has 272 valence electrons. The Morgan fingerprint density at radius 2 is 0.845 bits per heavy atom. The van der Waals surface area contributed by atoms with Crippen LogP contribution in [0.4, 0.5) is 0 Å². The SMILES string of the molecule is C1=Cc2c(c3ccccc3n2-c2cc(-n3c4ccccc4c4ccccc43)nc(-n3c4ccccc4c4c5c6ccccc6n(-c6ccccc6)c5ccc43)n2)CC1. The van der Waals surface area contributed by atoms with E-state index in [1.54, 1.807) is 0 Å². The van der Waals surface area contributed by atoms with Crippen LogP contribution in [0.5, 0.6) is 0 Å². The molecular weight excluding hydrogens is 709 g/mol. The number of benzene rings is 7. The topological polar surface area (TPSA) is 45.5 Å². The lowest BCUT2D eigenvalue weighted by molar-refractivity contribution is 0.897. The third-order valence-corrected chi connectivity index (χ3v) is 12.3. The lowest BCUT2D eigenvalue weighted by Crippen LogP contribution is -2.11. The van der Waals surface area contributed by atoms with E-state index >= 15 is 0 Å². The molecule has 5 aromatic heterocycles. The normalized spacial score (nSPS) is 13.0. The fraction of sp³-hybridized carbons (Fsp3) is 0.0385. The number of aryl methyl sites for hydroxylation is 1. The van der Waals surface area contributed by atoms with Gasteiger partial charge in [-0.1, -0.05) is 115 Å². The number of para-hydroxylation sites is 6. The molecule has 0 atom stereocenters. The smallest absolute Gasteiger partial charge is 0.238 e. The van der Waals surface area contributed by atoms with Crippen molar-refractivity contribution < 1.29 is 0 Å². The quantitative estimate of drug-likeness (QED) is 0.180. The summed E-state index contributed by atoms with van der Waals surface area (Å²) in [7, 11) is 0. The Hall–Kier alpha value is -7.70. The van der Waals surface area contributed by atoms with Crippen LogP contribution in [0, 0.1) is 0 Å². The third-order valence-electron chi connectivity index (χ3n) is 12.3. The van der Waals surface area contributed by atoms with Gasteiger partial charge in [0, 0.05) is 49.5 Å². The molecule has 1 aliphatic carbocycles. The molecule has 5 heterocycles. The van der Waals surface area contributed by atoms with Crippen molar-refractivity contribution in [3.05, 3.63) is 187 Å². The van der Waals surface area contributed by atoms with E-state index < -0.39 is 0 Å². The third kappa shape index (κ3) is 4.26. The van der Waals surface area contributed by atoms with Gasteiger partial charge in [0.05, 0.1) is 44.3 Å². The summed E-state index contributed by atoms with van der Waals surface area (Å²) in [4.78, 5) is 11.2. The molecule has 0 fully saturated rings. The van der Waals surface area contributed by atoms with Crippen LogP contribution in [0.15, 0.2) is 176 Å². The summed E-state index contributed by atoms with van der Waals surface area (Å²) in [5.74, 6) is 2.27. The fourth-order valence-corrected chi connectivity index (χ4v) is 9.93. The van der Waals surface area contributed by atoms with Crippen molar-refractivity contribution in [1.29, 1.82) is 0 Å². The molecule has 0 saturated carbocycles. The van der Waals surface area contributed by atoms with Crippen LogP contribution in [0.3, 0.4) is 0 Å². The second-order valence-electron chi connectivity index (χ2n) is 15.3. The first-order chi connectivity index (χ1) is 28.8. The monoisotopic (exact) mass is 742 g/mol. The van der Waals surface area contributed by atoms with E-state index in [2.05, 4.69) is 200 Å². The van der Waals surface area contributed by atoms with Crippen molar-refractivity contribution in [3.8, 4) is 23.3 Å². The van der Waals surface area contributed by atoms with Crippen molar-refractivity contribution in [2.75, 3.05) is 0 Å². The summed E-state index contributed by atoms with van der Waals surface area (Å²) >= 11 is 0. The lowest BCUT2D eigenvalue weighted by Gasteiger charge is -2.16. The zero-order valence-corrected chi connectivity index (χ0v) is 31.4. The summed E-state index contributed by atoms with van der Waals surface area (Å²) in [5.41, 5.74) is 11.5. The molecule has 0 N–H and O–H groups in total. The first-order valence-electron chi connectivity index (χ1n) is 20.0. The standard InChI is InChI=1S/C52H34N6/c1-2-16-33(17-3-1)55-44-28-14-8-22-38(44)50-46(55)30-31-47-51(50)39-23-9-15-29-45(39)58(47)52-53-48(56-40-24-10-4-18-34(40)35-19-5-11-25-41(35)56)32-49(54-52)57-42-26-12-6-20-36(42)37-21-7-13-27-43(37)57/h1-6,8-20,22-32H,7,21H2. The van der Waals surface area contributed by atoms with Crippen molar-refractivity contribution >= 4 is 82.4 Å². The molecular formula is C52H34N6.